The molecule has 2 aliphatic rings. The van der Waals surface area contributed by atoms with Crippen molar-refractivity contribution in [1.82, 2.24) is 4.90 Å². The van der Waals surface area contributed by atoms with Crippen LogP contribution < -0.4 is 9.47 Å². The van der Waals surface area contributed by atoms with Gasteiger partial charge in [-0.15, -0.1) is 0 Å². The third-order valence-electron chi connectivity index (χ3n) is 6.55. The molecule has 5 rings (SSSR count). The van der Waals surface area contributed by atoms with Crippen LogP contribution in [0.1, 0.15) is 29.7 Å². The Kier molecular flexibility index (Phi) is 8.79. The quantitative estimate of drug-likeness (QED) is 0.350. The molecule has 2 heterocycles. The van der Waals surface area contributed by atoms with Crippen LogP contribution in [0.4, 0.5) is 4.39 Å². The highest BCUT2D eigenvalue weighted by molar-refractivity contribution is 7.85. The molecule has 0 unspecified atom stereocenters. The molecular weight excluding hydrogens is 525 g/mol. The zero-order chi connectivity index (χ0) is 28.2. The largest absolute Gasteiger partial charge is 0.508 e. The van der Waals surface area contributed by atoms with Gasteiger partial charge in [0.2, 0.25) is 0 Å². The highest BCUT2D eigenvalue weighted by Crippen LogP contribution is 2.47. The minimum Gasteiger partial charge on any atom is -0.508 e. The number of hydrogen-bond acceptors (Lipinski definition) is 7. The van der Waals surface area contributed by atoms with E-state index in [1.165, 1.54) is 0 Å². The van der Waals surface area contributed by atoms with E-state index in [2.05, 4.69) is 4.90 Å². The number of benzene rings is 3. The van der Waals surface area contributed by atoms with Gasteiger partial charge in [0.05, 0.1) is 12.9 Å². The fraction of sp³-hybridized carbons (Fsp3) is 0.310. The number of aromatic hydroxyl groups is 2. The number of halogens is 1. The molecule has 0 spiro atoms. The lowest BCUT2D eigenvalue weighted by Crippen LogP contribution is -2.49. The van der Waals surface area contributed by atoms with Crippen LogP contribution in [0, 0.1) is 5.92 Å². The minimum absolute atomic E-state index is 0.176. The predicted molar refractivity (Wildman–Crippen MR) is 147 cm³/mol. The Morgan fingerprint density at radius 1 is 1.03 bits per heavy atom. The maximum atomic E-state index is 12.6. The molecule has 2 aliphatic heterocycles. The lowest BCUT2D eigenvalue weighted by molar-refractivity contribution is 0.0668. The van der Waals surface area contributed by atoms with Crippen molar-refractivity contribution in [2.45, 2.75) is 13.0 Å². The topological polar surface area (TPSA) is 117 Å². The SMILES string of the molecule is CC1=C(c2cccc(O)c2)[C@@H](c2ccc(OCCN3CC(CF)C3)cc2)Oc2ccc(O)cc21.CS(=O)(=O)O. The van der Waals surface area contributed by atoms with Crippen molar-refractivity contribution >= 4 is 21.3 Å². The first-order valence-corrected chi connectivity index (χ1v) is 14.3. The van der Waals surface area contributed by atoms with Crippen molar-refractivity contribution < 1.29 is 37.0 Å². The van der Waals surface area contributed by atoms with Gasteiger partial charge in [-0.2, -0.15) is 8.42 Å². The molecular formula is C29H32FNO7S. The fourth-order valence-corrected chi connectivity index (χ4v) is 4.71. The summed E-state index contributed by atoms with van der Waals surface area (Å²) in [5, 5.41) is 20.1. The van der Waals surface area contributed by atoms with Gasteiger partial charge in [0.1, 0.15) is 35.7 Å². The number of hydrogen-bond donors (Lipinski definition) is 3. The molecule has 1 atom stereocenters. The van der Waals surface area contributed by atoms with E-state index in [1.807, 2.05) is 43.3 Å². The Hall–Kier alpha value is -3.60. The molecule has 0 aliphatic carbocycles. The highest BCUT2D eigenvalue weighted by atomic mass is 32.2. The number of allylic oxidation sites excluding steroid dienone is 1. The third kappa shape index (κ3) is 7.50. The van der Waals surface area contributed by atoms with E-state index >= 15 is 0 Å². The first-order chi connectivity index (χ1) is 18.5. The van der Waals surface area contributed by atoms with Crippen LogP contribution in [0.15, 0.2) is 66.7 Å². The zero-order valence-electron chi connectivity index (χ0n) is 21.7. The molecule has 8 nitrogen and oxygen atoms in total. The molecule has 3 aromatic carbocycles. The van der Waals surface area contributed by atoms with Gasteiger partial charge in [0, 0.05) is 36.7 Å². The Labute approximate surface area is 227 Å². The monoisotopic (exact) mass is 557 g/mol. The number of fused-ring (bicyclic) bond motifs is 1. The predicted octanol–water partition coefficient (Wildman–Crippen LogP) is 4.95. The van der Waals surface area contributed by atoms with Crippen LogP contribution in [0.3, 0.4) is 0 Å². The molecule has 3 N–H and O–H groups in total. The van der Waals surface area contributed by atoms with Gasteiger partial charge in [0.25, 0.3) is 10.1 Å². The van der Waals surface area contributed by atoms with Crippen LogP contribution in [-0.4, -0.2) is 67.3 Å². The summed E-state index contributed by atoms with van der Waals surface area (Å²) in [6, 6.07) is 20.1. The third-order valence-corrected chi connectivity index (χ3v) is 6.55. The van der Waals surface area contributed by atoms with E-state index in [0.717, 1.165) is 53.2 Å². The van der Waals surface area contributed by atoms with Crippen molar-refractivity contribution in [3.63, 3.8) is 0 Å². The van der Waals surface area contributed by atoms with Gasteiger partial charge in [-0.05, 0) is 66.1 Å². The normalized spacial score (nSPS) is 17.4. The molecule has 0 radical (unpaired) electrons. The number of phenols is 2. The van der Waals surface area contributed by atoms with Crippen molar-refractivity contribution in [3.8, 4) is 23.0 Å². The number of alkyl halides is 1. The second-order valence-electron chi connectivity index (χ2n) is 9.70. The van der Waals surface area contributed by atoms with Crippen LogP contribution in [-0.2, 0) is 10.1 Å². The second kappa shape index (κ2) is 12.1. The average Bonchev–Trinajstić information content (AvgIpc) is 2.85. The van der Waals surface area contributed by atoms with E-state index in [-0.39, 0.29) is 30.2 Å². The summed E-state index contributed by atoms with van der Waals surface area (Å²) in [5.74, 6) is 2.01. The lowest BCUT2D eigenvalue weighted by atomic mass is 9.86. The Balaban J connectivity index is 0.000000648. The molecule has 0 saturated carbocycles. The molecule has 0 aromatic heterocycles. The summed E-state index contributed by atoms with van der Waals surface area (Å²) >= 11 is 0. The first-order valence-electron chi connectivity index (χ1n) is 12.5. The summed E-state index contributed by atoms with van der Waals surface area (Å²) in [6.07, 6.45) is 0.333. The summed E-state index contributed by atoms with van der Waals surface area (Å²) in [4.78, 5) is 2.19. The van der Waals surface area contributed by atoms with Crippen LogP contribution in [0.2, 0.25) is 0 Å². The molecule has 208 valence electrons. The smallest absolute Gasteiger partial charge is 0.261 e. The maximum Gasteiger partial charge on any atom is 0.261 e. The molecule has 1 fully saturated rings. The van der Waals surface area contributed by atoms with E-state index < -0.39 is 10.1 Å². The highest BCUT2D eigenvalue weighted by Gasteiger charge is 2.30. The summed E-state index contributed by atoms with van der Waals surface area (Å²) in [6.45, 7) is 4.72. The Morgan fingerprint density at radius 2 is 1.69 bits per heavy atom. The van der Waals surface area contributed by atoms with Crippen molar-refractivity contribution in [1.29, 1.82) is 0 Å². The zero-order valence-corrected chi connectivity index (χ0v) is 22.6. The molecule has 39 heavy (non-hydrogen) atoms. The lowest BCUT2D eigenvalue weighted by Gasteiger charge is -2.37. The van der Waals surface area contributed by atoms with Crippen LogP contribution in [0.25, 0.3) is 11.1 Å². The Bertz CT molecular complexity index is 1430. The summed E-state index contributed by atoms with van der Waals surface area (Å²) < 4.78 is 50.8. The van der Waals surface area contributed by atoms with Gasteiger partial charge in [-0.25, -0.2) is 0 Å². The Morgan fingerprint density at radius 3 is 2.33 bits per heavy atom. The van der Waals surface area contributed by atoms with Gasteiger partial charge < -0.3 is 19.7 Å². The first kappa shape index (κ1) is 28.4. The molecule has 3 aromatic rings. The van der Waals surface area contributed by atoms with Gasteiger partial charge >= 0.3 is 0 Å². The maximum absolute atomic E-state index is 12.6. The molecule has 10 heteroatoms. The second-order valence-corrected chi connectivity index (χ2v) is 11.2. The average molecular weight is 558 g/mol. The van der Waals surface area contributed by atoms with Gasteiger partial charge in [-0.3, -0.25) is 13.8 Å². The van der Waals surface area contributed by atoms with Crippen LogP contribution >= 0.6 is 0 Å². The number of phenolic OH excluding ortho intramolecular Hbond substituents is 2. The fourth-order valence-electron chi connectivity index (χ4n) is 4.71. The van der Waals surface area contributed by atoms with Crippen molar-refractivity contribution in [3.05, 3.63) is 83.4 Å². The summed E-state index contributed by atoms with van der Waals surface area (Å²) in [7, 11) is -3.67. The van der Waals surface area contributed by atoms with Gasteiger partial charge in [-0.1, -0.05) is 24.3 Å². The summed E-state index contributed by atoms with van der Waals surface area (Å²) in [5.41, 5.74) is 4.56. The standard InChI is InChI=1S/C28H28FNO4.CH4O3S/c1-18-25-14-23(32)7-10-26(25)34-28(27(18)21-3-2-4-22(31)13-21)20-5-8-24(9-6-20)33-12-11-30-16-19(15-29)17-30;1-5(2,3)4/h2-10,13-14,19,28,31-32H,11-12,15-17H2,1H3;1H3,(H,2,3,4)/t28-;/m1./s1. The van der Waals surface area contributed by atoms with E-state index in [1.54, 1.807) is 30.3 Å². The van der Waals surface area contributed by atoms with E-state index in [0.29, 0.717) is 18.6 Å². The number of rotatable bonds is 7. The molecule has 0 amide bonds. The van der Waals surface area contributed by atoms with Gasteiger partial charge in [0.15, 0.2) is 0 Å². The number of nitrogens with zero attached hydrogens (tertiary/aromatic N) is 1. The van der Waals surface area contributed by atoms with Crippen molar-refractivity contribution in [2.24, 2.45) is 5.92 Å². The van der Waals surface area contributed by atoms with E-state index in [9.17, 15) is 23.0 Å². The number of likely N-dealkylation sites (tertiary alicyclic amines) is 1. The minimum atomic E-state index is -3.67. The molecule has 1 saturated heterocycles. The van der Waals surface area contributed by atoms with E-state index in [4.69, 9.17) is 14.0 Å². The number of ether oxygens (including phenoxy) is 2. The van der Waals surface area contributed by atoms with Crippen molar-refractivity contribution in [2.75, 3.05) is 39.2 Å². The molecule has 0 bridgehead atoms. The van der Waals surface area contributed by atoms with Crippen LogP contribution in [0.5, 0.6) is 23.0 Å².